The number of hydrogen-bond acceptors (Lipinski definition) is 9. The van der Waals surface area contributed by atoms with Crippen molar-refractivity contribution in [2.24, 2.45) is 7.05 Å². The highest BCUT2D eigenvalue weighted by molar-refractivity contribution is 7.92. The number of nitrogens with zero attached hydrogens (tertiary/aromatic N) is 8. The first-order valence-electron chi connectivity index (χ1n) is 11.4. The van der Waals surface area contributed by atoms with Gasteiger partial charge in [-0.2, -0.15) is 9.59 Å². The van der Waals surface area contributed by atoms with Crippen LogP contribution in [0.25, 0.3) is 22.8 Å². The molecular formula is C22H24N10O3S. The summed E-state index contributed by atoms with van der Waals surface area (Å²) in [5.41, 5.74) is 1.02. The predicted molar refractivity (Wildman–Crippen MR) is 129 cm³/mol. The Hall–Kier alpha value is -4.20. The van der Waals surface area contributed by atoms with Crippen molar-refractivity contribution in [1.82, 2.24) is 45.7 Å². The summed E-state index contributed by atoms with van der Waals surface area (Å²) in [5.74, 6) is 0.167. The van der Waals surface area contributed by atoms with Crippen molar-refractivity contribution < 1.29 is 13.2 Å². The average molecular weight is 509 g/mol. The van der Waals surface area contributed by atoms with Crippen molar-refractivity contribution in [3.05, 3.63) is 48.5 Å². The van der Waals surface area contributed by atoms with Crippen LogP contribution in [0.4, 0.5) is 5.69 Å². The minimum absolute atomic E-state index is 0.0399. The van der Waals surface area contributed by atoms with Gasteiger partial charge in [0.2, 0.25) is 17.6 Å². The fourth-order valence-corrected chi connectivity index (χ4v) is 5.42. The van der Waals surface area contributed by atoms with E-state index in [1.54, 1.807) is 49.5 Å². The molecule has 36 heavy (non-hydrogen) atoms. The summed E-state index contributed by atoms with van der Waals surface area (Å²) in [6, 6.07) is 13.3. The van der Waals surface area contributed by atoms with Crippen molar-refractivity contribution >= 4 is 21.6 Å². The molecule has 1 fully saturated rings. The Kier molecular flexibility index (Phi) is 6.41. The lowest BCUT2D eigenvalue weighted by Gasteiger charge is -2.12. The maximum absolute atomic E-state index is 13.4. The quantitative estimate of drug-likeness (QED) is 0.358. The van der Waals surface area contributed by atoms with E-state index in [-0.39, 0.29) is 40.6 Å². The van der Waals surface area contributed by atoms with E-state index in [0.717, 1.165) is 30.5 Å². The molecule has 5 rings (SSSR count). The van der Waals surface area contributed by atoms with Crippen molar-refractivity contribution in [1.29, 1.82) is 0 Å². The molecule has 2 heterocycles. The zero-order chi connectivity index (χ0) is 25.1. The summed E-state index contributed by atoms with van der Waals surface area (Å²) in [6.45, 7) is -0.102. The number of carbonyl (C=O) groups is 1. The molecule has 0 spiro atoms. The molecule has 1 aliphatic rings. The molecule has 0 atom stereocenters. The summed E-state index contributed by atoms with van der Waals surface area (Å²) in [6.07, 6.45) is 4.15. The molecule has 4 aromatic rings. The lowest BCUT2D eigenvalue weighted by atomic mass is 10.2. The number of para-hydroxylation sites is 1. The maximum Gasteiger partial charge on any atom is 0.262 e. The van der Waals surface area contributed by atoms with Crippen molar-refractivity contribution in [2.75, 3.05) is 4.72 Å². The average Bonchev–Trinajstić information content (AvgIpc) is 3.62. The number of rotatable bonds is 8. The highest BCUT2D eigenvalue weighted by Crippen LogP contribution is 2.30. The van der Waals surface area contributed by atoms with Crippen molar-refractivity contribution in [3.63, 3.8) is 0 Å². The molecule has 0 aliphatic heterocycles. The summed E-state index contributed by atoms with van der Waals surface area (Å²) < 4.78 is 29.5. The first kappa shape index (κ1) is 23.5. The fraction of sp³-hybridized carbons (Fsp3) is 0.318. The minimum atomic E-state index is -4.07. The van der Waals surface area contributed by atoms with Crippen LogP contribution in [-0.4, -0.2) is 60.8 Å². The fourth-order valence-electron chi connectivity index (χ4n) is 4.13. The summed E-state index contributed by atoms with van der Waals surface area (Å²) >= 11 is 0. The standard InChI is InChI=1S/C22H24N10O3S/c1-31-26-21(24-29-31)16-10-4-6-12-18(16)28-36(34,35)19-13-7-5-11-17(19)22-25-30-32(27-22)14-20(33)23-15-8-2-3-9-15/h4-7,10-13,15,28H,2-3,8-9,14H2,1H3,(H,23,33). The number of aryl methyl sites for hydroxylation is 1. The zero-order valence-corrected chi connectivity index (χ0v) is 20.3. The molecule has 2 N–H and O–H groups in total. The number of nitrogens with one attached hydrogen (secondary N) is 2. The van der Waals surface area contributed by atoms with Crippen LogP contribution in [-0.2, 0) is 28.4 Å². The predicted octanol–water partition coefficient (Wildman–Crippen LogP) is 1.39. The zero-order valence-electron chi connectivity index (χ0n) is 19.4. The van der Waals surface area contributed by atoms with Gasteiger partial charge in [0.25, 0.3) is 10.0 Å². The summed E-state index contributed by atoms with van der Waals surface area (Å²) in [7, 11) is -2.45. The molecule has 0 bridgehead atoms. The molecule has 14 heteroatoms. The van der Waals surface area contributed by atoms with E-state index in [9.17, 15) is 13.2 Å². The second-order valence-corrected chi connectivity index (χ2v) is 10.1. The molecular weight excluding hydrogens is 484 g/mol. The van der Waals surface area contributed by atoms with Crippen LogP contribution in [0.15, 0.2) is 53.4 Å². The van der Waals surface area contributed by atoms with E-state index in [4.69, 9.17) is 0 Å². The van der Waals surface area contributed by atoms with Crippen LogP contribution in [0.3, 0.4) is 0 Å². The molecule has 2 aromatic heterocycles. The van der Waals surface area contributed by atoms with Gasteiger partial charge in [-0.1, -0.05) is 37.1 Å². The van der Waals surface area contributed by atoms with Gasteiger partial charge < -0.3 is 5.32 Å². The van der Waals surface area contributed by atoms with Crippen LogP contribution in [0.1, 0.15) is 25.7 Å². The van der Waals surface area contributed by atoms with Gasteiger partial charge in [0.1, 0.15) is 6.54 Å². The Morgan fingerprint density at radius 1 is 0.944 bits per heavy atom. The smallest absolute Gasteiger partial charge is 0.262 e. The van der Waals surface area contributed by atoms with E-state index >= 15 is 0 Å². The number of hydrogen-bond donors (Lipinski definition) is 2. The first-order chi connectivity index (χ1) is 17.4. The molecule has 2 aromatic carbocycles. The van der Waals surface area contributed by atoms with E-state index < -0.39 is 10.0 Å². The summed E-state index contributed by atoms with van der Waals surface area (Å²) in [4.78, 5) is 14.7. The number of sulfonamides is 1. The second kappa shape index (κ2) is 9.81. The van der Waals surface area contributed by atoms with Crippen LogP contribution in [0.5, 0.6) is 0 Å². The molecule has 0 radical (unpaired) electrons. The normalized spacial score (nSPS) is 14.1. The summed E-state index contributed by atoms with van der Waals surface area (Å²) in [5, 5.41) is 27.1. The third kappa shape index (κ3) is 5.07. The first-order valence-corrected chi connectivity index (χ1v) is 12.9. The van der Waals surface area contributed by atoms with Gasteiger partial charge in [-0.3, -0.25) is 9.52 Å². The molecule has 0 saturated heterocycles. The molecule has 0 unspecified atom stereocenters. The minimum Gasteiger partial charge on any atom is -0.352 e. The highest BCUT2D eigenvalue weighted by atomic mass is 32.2. The van der Waals surface area contributed by atoms with Crippen molar-refractivity contribution in [3.8, 4) is 22.8 Å². The highest BCUT2D eigenvalue weighted by Gasteiger charge is 2.24. The number of aromatic nitrogens is 8. The van der Waals surface area contributed by atoms with Gasteiger partial charge in [-0.15, -0.1) is 20.4 Å². The Labute approximate surface area is 207 Å². The van der Waals surface area contributed by atoms with E-state index in [1.807, 2.05) is 0 Å². The second-order valence-electron chi connectivity index (χ2n) is 8.44. The lowest BCUT2D eigenvalue weighted by molar-refractivity contribution is -0.122. The van der Waals surface area contributed by atoms with Gasteiger partial charge in [0.05, 0.1) is 17.6 Å². The van der Waals surface area contributed by atoms with Crippen molar-refractivity contribution in [2.45, 2.75) is 43.2 Å². The topological polar surface area (TPSA) is 162 Å². The van der Waals surface area contributed by atoms with E-state index in [2.05, 4.69) is 40.9 Å². The molecule has 13 nitrogen and oxygen atoms in total. The Morgan fingerprint density at radius 3 is 2.36 bits per heavy atom. The lowest BCUT2D eigenvalue weighted by Crippen LogP contribution is -2.35. The third-order valence-corrected chi connectivity index (χ3v) is 7.22. The van der Waals surface area contributed by atoms with Crippen LogP contribution >= 0.6 is 0 Å². The van der Waals surface area contributed by atoms with Crippen LogP contribution in [0, 0.1) is 0 Å². The van der Waals surface area contributed by atoms with Gasteiger partial charge >= 0.3 is 0 Å². The number of anilines is 1. The number of benzene rings is 2. The van der Waals surface area contributed by atoms with Gasteiger partial charge in [-0.25, -0.2) is 8.42 Å². The van der Waals surface area contributed by atoms with E-state index in [0.29, 0.717) is 11.3 Å². The van der Waals surface area contributed by atoms with Gasteiger partial charge in [-0.05, 0) is 47.5 Å². The van der Waals surface area contributed by atoms with Crippen LogP contribution < -0.4 is 10.0 Å². The number of amides is 1. The molecule has 1 amide bonds. The SMILES string of the molecule is Cn1nnc(-c2ccccc2NS(=O)(=O)c2ccccc2-c2nnn(CC(=O)NC3CCCC3)n2)n1. The largest absolute Gasteiger partial charge is 0.352 e. The Morgan fingerprint density at radius 2 is 1.61 bits per heavy atom. The third-order valence-electron chi connectivity index (χ3n) is 5.80. The molecule has 186 valence electrons. The number of carbonyl (C=O) groups excluding carboxylic acids is 1. The van der Waals surface area contributed by atoms with Crippen LogP contribution in [0.2, 0.25) is 0 Å². The number of tetrazole rings is 2. The Bertz CT molecular complexity index is 1490. The maximum atomic E-state index is 13.4. The monoisotopic (exact) mass is 508 g/mol. The molecule has 1 aliphatic carbocycles. The Balaban J connectivity index is 1.39. The van der Waals surface area contributed by atoms with Gasteiger partial charge in [0.15, 0.2) is 0 Å². The molecule has 1 saturated carbocycles. The van der Waals surface area contributed by atoms with E-state index in [1.165, 1.54) is 10.9 Å². The van der Waals surface area contributed by atoms with Gasteiger partial charge in [0, 0.05) is 17.2 Å².